The lowest BCUT2D eigenvalue weighted by atomic mass is 9.88. The molecule has 0 atom stereocenters. The van der Waals surface area contributed by atoms with Gasteiger partial charge < -0.3 is 10.2 Å². The maximum absolute atomic E-state index is 12.8. The molecule has 0 spiro atoms. The average molecular weight is 450 g/mol. The van der Waals surface area contributed by atoms with Gasteiger partial charge in [0.25, 0.3) is 0 Å². The number of likely N-dealkylation sites (tertiary alicyclic amines) is 1. The first-order valence-electron chi connectivity index (χ1n) is 10.9. The van der Waals surface area contributed by atoms with Crippen molar-refractivity contribution < 1.29 is 19.8 Å². The van der Waals surface area contributed by atoms with Crippen LogP contribution in [0.15, 0.2) is 46.5 Å². The number of aryl methyl sites for hydroxylation is 2. The molecule has 0 unspecified atom stereocenters. The van der Waals surface area contributed by atoms with Gasteiger partial charge in [-0.2, -0.15) is 0 Å². The highest BCUT2D eigenvalue weighted by molar-refractivity contribution is 6.51. The Balaban J connectivity index is 1.44. The summed E-state index contributed by atoms with van der Waals surface area (Å²) in [6.45, 7) is 5.35. The van der Waals surface area contributed by atoms with Gasteiger partial charge in [-0.05, 0) is 80.6 Å². The fourth-order valence-electron chi connectivity index (χ4n) is 4.15. The summed E-state index contributed by atoms with van der Waals surface area (Å²) >= 11 is 0. The number of para-hydroxylation sites is 1. The van der Waals surface area contributed by atoms with Gasteiger partial charge in [0.15, 0.2) is 0 Å². The van der Waals surface area contributed by atoms with Gasteiger partial charge in [0, 0.05) is 0 Å². The van der Waals surface area contributed by atoms with Crippen molar-refractivity contribution in [3.8, 4) is 5.75 Å². The molecule has 33 heavy (non-hydrogen) atoms. The minimum atomic E-state index is -0.832. The van der Waals surface area contributed by atoms with Crippen molar-refractivity contribution in [1.82, 2.24) is 4.90 Å². The van der Waals surface area contributed by atoms with E-state index in [1.165, 1.54) is 11.2 Å². The molecular formula is C24H27N5O4. The number of benzene rings is 2. The highest BCUT2D eigenvalue weighted by atomic mass is 16.4. The number of hydrogen-bond acceptors (Lipinski definition) is 6. The summed E-state index contributed by atoms with van der Waals surface area (Å²) in [4.78, 5) is 31.1. The van der Waals surface area contributed by atoms with Crippen LogP contribution < -0.4 is 10.3 Å². The Morgan fingerprint density at radius 1 is 1.18 bits per heavy atom. The van der Waals surface area contributed by atoms with E-state index in [1.807, 2.05) is 49.1 Å². The molecule has 1 amide bonds. The summed E-state index contributed by atoms with van der Waals surface area (Å²) in [5.74, 6) is -0.983. The fraction of sp³-hybridized carbons (Fsp3) is 0.333. The average Bonchev–Trinajstić information content (AvgIpc) is 3.15. The smallest absolute Gasteiger partial charge is 0.317 e. The van der Waals surface area contributed by atoms with Gasteiger partial charge in [0.05, 0.1) is 17.9 Å². The molecule has 0 saturated carbocycles. The quantitative estimate of drug-likeness (QED) is 0.461. The Labute approximate surface area is 192 Å². The molecule has 3 N–H and O–H groups in total. The van der Waals surface area contributed by atoms with Gasteiger partial charge in [-0.15, -0.1) is 5.10 Å². The Bertz CT molecular complexity index is 1140. The third-order valence-corrected chi connectivity index (χ3v) is 6.21. The molecule has 0 aliphatic carbocycles. The second-order valence-corrected chi connectivity index (χ2v) is 8.42. The summed E-state index contributed by atoms with van der Waals surface area (Å²) in [7, 11) is 0. The summed E-state index contributed by atoms with van der Waals surface area (Å²) in [6, 6.07) is 11.1. The number of hydrazone groups is 1. The summed E-state index contributed by atoms with van der Waals surface area (Å²) in [6.07, 6.45) is 2.95. The summed E-state index contributed by atoms with van der Waals surface area (Å²) in [5, 5.41) is 23.9. The molecule has 2 aliphatic heterocycles. The number of carboxylic acid groups (broad SMARTS) is 1. The summed E-state index contributed by atoms with van der Waals surface area (Å²) < 4.78 is 0. The number of rotatable bonds is 6. The molecule has 9 nitrogen and oxygen atoms in total. The fourth-order valence-corrected chi connectivity index (χ4v) is 4.15. The van der Waals surface area contributed by atoms with Crippen LogP contribution in [0.3, 0.4) is 0 Å². The normalized spacial score (nSPS) is 18.3. The van der Waals surface area contributed by atoms with Gasteiger partial charge >= 0.3 is 11.9 Å². The number of aliphatic carboxylic acids is 1. The maximum atomic E-state index is 12.8. The van der Waals surface area contributed by atoms with E-state index < -0.39 is 5.97 Å². The summed E-state index contributed by atoms with van der Waals surface area (Å²) in [5.41, 5.74) is 6.89. The monoisotopic (exact) mass is 449 g/mol. The molecule has 2 heterocycles. The maximum Gasteiger partial charge on any atom is 0.317 e. The highest BCUT2D eigenvalue weighted by Gasteiger charge is 2.27. The van der Waals surface area contributed by atoms with Crippen molar-refractivity contribution in [2.75, 3.05) is 30.0 Å². The van der Waals surface area contributed by atoms with Crippen molar-refractivity contribution >= 4 is 35.4 Å². The number of aromatic hydroxyl groups is 1. The molecule has 0 radical (unpaired) electrons. The Kier molecular flexibility index (Phi) is 6.41. The van der Waals surface area contributed by atoms with Gasteiger partial charge in [0.2, 0.25) is 5.84 Å². The van der Waals surface area contributed by atoms with E-state index in [-0.39, 0.29) is 30.0 Å². The number of piperidine rings is 1. The molecule has 2 aromatic carbocycles. The van der Waals surface area contributed by atoms with Crippen LogP contribution in [0.1, 0.15) is 35.4 Å². The molecule has 1 saturated heterocycles. The largest absolute Gasteiger partial charge is 0.505 e. The lowest BCUT2D eigenvalue weighted by Gasteiger charge is -2.31. The minimum Gasteiger partial charge on any atom is -0.505 e. The SMILES string of the molecule is Cc1ccc(N2C=NC(=NNc3cccc(C4CCN(CC(=O)O)CC4)c3O)C2=O)cc1C. The second kappa shape index (κ2) is 9.41. The van der Waals surface area contributed by atoms with Crippen LogP contribution in [0.4, 0.5) is 11.4 Å². The molecule has 4 rings (SSSR count). The zero-order chi connectivity index (χ0) is 23.5. The number of amides is 1. The van der Waals surface area contributed by atoms with Crippen molar-refractivity contribution in [1.29, 1.82) is 0 Å². The molecule has 9 heteroatoms. The van der Waals surface area contributed by atoms with Crippen molar-refractivity contribution in [2.24, 2.45) is 10.1 Å². The van der Waals surface area contributed by atoms with Crippen LogP contribution in [-0.4, -0.2) is 58.8 Å². The second-order valence-electron chi connectivity index (χ2n) is 8.42. The standard InChI is InChI=1S/C24H27N5O4/c1-15-6-7-18(12-16(15)2)29-14-25-23(24(29)33)27-26-20-5-3-4-19(22(20)32)17-8-10-28(11-9-17)13-21(30)31/h3-7,12,14,17,26,32H,8-11,13H2,1-2H3,(H,30,31). The number of phenolic OH excluding ortho intramolecular Hbond substituents is 1. The Morgan fingerprint density at radius 3 is 2.64 bits per heavy atom. The predicted molar refractivity (Wildman–Crippen MR) is 127 cm³/mol. The number of nitrogens with zero attached hydrogens (tertiary/aromatic N) is 4. The Hall–Kier alpha value is -3.72. The van der Waals surface area contributed by atoms with E-state index in [1.54, 1.807) is 6.07 Å². The third-order valence-electron chi connectivity index (χ3n) is 6.21. The van der Waals surface area contributed by atoms with E-state index in [0.29, 0.717) is 18.8 Å². The number of anilines is 2. The van der Waals surface area contributed by atoms with Gasteiger partial charge in [-0.3, -0.25) is 24.8 Å². The van der Waals surface area contributed by atoms with Crippen LogP contribution in [0, 0.1) is 13.8 Å². The van der Waals surface area contributed by atoms with Crippen molar-refractivity contribution in [3.63, 3.8) is 0 Å². The van der Waals surface area contributed by atoms with Crippen LogP contribution >= 0.6 is 0 Å². The van der Waals surface area contributed by atoms with Crippen LogP contribution in [0.2, 0.25) is 0 Å². The zero-order valence-electron chi connectivity index (χ0n) is 18.7. The molecule has 0 bridgehead atoms. The topological polar surface area (TPSA) is 118 Å². The van der Waals surface area contributed by atoms with Crippen molar-refractivity contribution in [2.45, 2.75) is 32.6 Å². The Morgan fingerprint density at radius 2 is 1.94 bits per heavy atom. The van der Waals surface area contributed by atoms with Gasteiger partial charge in [0.1, 0.15) is 12.1 Å². The van der Waals surface area contributed by atoms with Crippen LogP contribution in [0.25, 0.3) is 0 Å². The number of phenols is 1. The minimum absolute atomic E-state index is 0.00000922. The highest BCUT2D eigenvalue weighted by Crippen LogP contribution is 2.38. The number of carboxylic acids is 1. The predicted octanol–water partition coefficient (Wildman–Crippen LogP) is 3.07. The van der Waals surface area contributed by atoms with Gasteiger partial charge in [-0.25, -0.2) is 4.99 Å². The van der Waals surface area contributed by atoms with E-state index >= 15 is 0 Å². The van der Waals surface area contributed by atoms with Crippen LogP contribution in [0.5, 0.6) is 5.75 Å². The number of carbonyl (C=O) groups excluding carboxylic acids is 1. The molecule has 2 aliphatic rings. The van der Waals surface area contributed by atoms with Crippen molar-refractivity contribution in [3.05, 3.63) is 53.1 Å². The zero-order valence-corrected chi connectivity index (χ0v) is 18.7. The lowest BCUT2D eigenvalue weighted by molar-refractivity contribution is -0.138. The van der Waals surface area contributed by atoms with E-state index in [4.69, 9.17) is 5.11 Å². The first-order chi connectivity index (χ1) is 15.8. The molecule has 1 fully saturated rings. The lowest BCUT2D eigenvalue weighted by Crippen LogP contribution is -2.36. The molecular weight excluding hydrogens is 422 g/mol. The number of hydrogen-bond donors (Lipinski definition) is 3. The number of aliphatic imine (C=N–C) groups is 1. The molecule has 172 valence electrons. The van der Waals surface area contributed by atoms with E-state index in [0.717, 1.165) is 35.2 Å². The first-order valence-corrected chi connectivity index (χ1v) is 10.9. The number of nitrogens with one attached hydrogen (secondary N) is 1. The van der Waals surface area contributed by atoms with E-state index in [9.17, 15) is 14.7 Å². The molecule has 0 aromatic heterocycles. The molecule has 2 aromatic rings. The van der Waals surface area contributed by atoms with Gasteiger partial charge in [-0.1, -0.05) is 18.2 Å². The third kappa shape index (κ3) is 4.88. The first kappa shape index (κ1) is 22.5. The van der Waals surface area contributed by atoms with E-state index in [2.05, 4.69) is 15.5 Å². The number of carbonyl (C=O) groups is 2. The van der Waals surface area contributed by atoms with Crippen LogP contribution in [-0.2, 0) is 9.59 Å². The number of amidine groups is 1.